The third kappa shape index (κ3) is 3.97. The zero-order chi connectivity index (χ0) is 16.9. The summed E-state index contributed by atoms with van der Waals surface area (Å²) in [4.78, 5) is 29.6. The third-order valence-corrected chi connectivity index (χ3v) is 4.50. The van der Waals surface area contributed by atoms with Crippen molar-refractivity contribution in [2.75, 3.05) is 52.9 Å². The number of likely N-dealkylation sites (N-methyl/N-ethyl adjacent to an activating group) is 1. The van der Waals surface area contributed by atoms with Gasteiger partial charge in [-0.15, -0.1) is 0 Å². The minimum absolute atomic E-state index is 0.0212. The van der Waals surface area contributed by atoms with Gasteiger partial charge in [0.2, 0.25) is 5.91 Å². The maximum atomic E-state index is 12.4. The summed E-state index contributed by atoms with van der Waals surface area (Å²) in [7, 11) is 1.70. The average molecular weight is 332 g/mol. The molecule has 2 aliphatic rings. The molecule has 24 heavy (non-hydrogen) atoms. The number of urea groups is 1. The minimum Gasteiger partial charge on any atom is -0.492 e. The number of benzene rings is 1. The third-order valence-electron chi connectivity index (χ3n) is 4.50. The van der Waals surface area contributed by atoms with E-state index >= 15 is 0 Å². The SMILES string of the molecule is CN1CC(C(=O)N2CCN(CCOc3ccccc3)CC2)NC1=O. The van der Waals surface area contributed by atoms with Gasteiger partial charge < -0.3 is 19.9 Å². The molecule has 2 saturated heterocycles. The van der Waals surface area contributed by atoms with Gasteiger partial charge in [0, 0.05) is 39.8 Å². The van der Waals surface area contributed by atoms with Crippen molar-refractivity contribution < 1.29 is 14.3 Å². The van der Waals surface area contributed by atoms with E-state index in [1.807, 2.05) is 35.2 Å². The largest absolute Gasteiger partial charge is 0.492 e. The Balaban J connectivity index is 1.38. The molecule has 0 aromatic heterocycles. The van der Waals surface area contributed by atoms with E-state index in [0.717, 1.165) is 25.4 Å². The molecule has 0 saturated carbocycles. The van der Waals surface area contributed by atoms with Crippen LogP contribution in [0.5, 0.6) is 5.75 Å². The first-order valence-electron chi connectivity index (χ1n) is 8.34. The van der Waals surface area contributed by atoms with E-state index < -0.39 is 6.04 Å². The fraction of sp³-hybridized carbons (Fsp3) is 0.529. The van der Waals surface area contributed by atoms with Gasteiger partial charge in [-0.3, -0.25) is 9.69 Å². The average Bonchev–Trinajstić information content (AvgIpc) is 2.95. The van der Waals surface area contributed by atoms with Crippen molar-refractivity contribution in [3.05, 3.63) is 30.3 Å². The van der Waals surface area contributed by atoms with Gasteiger partial charge in [0.1, 0.15) is 18.4 Å². The molecule has 0 aliphatic carbocycles. The van der Waals surface area contributed by atoms with Crippen molar-refractivity contribution in [3.8, 4) is 5.75 Å². The van der Waals surface area contributed by atoms with E-state index in [2.05, 4.69) is 10.2 Å². The van der Waals surface area contributed by atoms with Gasteiger partial charge in [-0.25, -0.2) is 4.79 Å². The van der Waals surface area contributed by atoms with E-state index in [4.69, 9.17) is 4.74 Å². The zero-order valence-electron chi connectivity index (χ0n) is 14.0. The van der Waals surface area contributed by atoms with Crippen LogP contribution in [0.3, 0.4) is 0 Å². The second-order valence-corrected chi connectivity index (χ2v) is 6.21. The fourth-order valence-electron chi connectivity index (χ4n) is 3.02. The van der Waals surface area contributed by atoms with Crippen LogP contribution >= 0.6 is 0 Å². The molecule has 7 nitrogen and oxygen atoms in total. The van der Waals surface area contributed by atoms with Crippen LogP contribution in [0.25, 0.3) is 0 Å². The standard InChI is InChI=1S/C17H24N4O3/c1-19-13-15(18-17(19)23)16(22)21-9-7-20(8-10-21)11-12-24-14-5-3-2-4-6-14/h2-6,15H,7-13H2,1H3,(H,18,23). The topological polar surface area (TPSA) is 65.1 Å². The molecule has 1 aromatic carbocycles. The van der Waals surface area contributed by atoms with E-state index in [-0.39, 0.29) is 11.9 Å². The predicted molar refractivity (Wildman–Crippen MR) is 89.9 cm³/mol. The molecule has 2 fully saturated rings. The van der Waals surface area contributed by atoms with Crippen molar-refractivity contribution in [1.82, 2.24) is 20.0 Å². The highest BCUT2D eigenvalue weighted by atomic mass is 16.5. The Morgan fingerprint density at radius 1 is 1.21 bits per heavy atom. The number of ether oxygens (including phenoxy) is 1. The van der Waals surface area contributed by atoms with Crippen LogP contribution in [0.2, 0.25) is 0 Å². The molecule has 1 unspecified atom stereocenters. The first-order chi connectivity index (χ1) is 11.6. The first kappa shape index (κ1) is 16.6. The number of hydrogen-bond donors (Lipinski definition) is 1. The van der Waals surface area contributed by atoms with Crippen LogP contribution in [0.4, 0.5) is 4.79 Å². The van der Waals surface area contributed by atoms with Crippen molar-refractivity contribution in [3.63, 3.8) is 0 Å². The maximum Gasteiger partial charge on any atom is 0.317 e. The zero-order valence-corrected chi connectivity index (χ0v) is 14.0. The number of rotatable bonds is 5. The molecule has 1 atom stereocenters. The molecule has 0 spiro atoms. The molecular weight excluding hydrogens is 308 g/mol. The minimum atomic E-state index is -0.407. The lowest BCUT2D eigenvalue weighted by molar-refractivity contribution is -0.134. The summed E-state index contributed by atoms with van der Waals surface area (Å²) in [5, 5.41) is 2.73. The Labute approximate surface area is 142 Å². The summed E-state index contributed by atoms with van der Waals surface area (Å²) >= 11 is 0. The lowest BCUT2D eigenvalue weighted by atomic mass is 10.2. The van der Waals surface area contributed by atoms with Gasteiger partial charge in [0.25, 0.3) is 0 Å². The second kappa shape index (κ2) is 7.53. The number of nitrogens with zero attached hydrogens (tertiary/aromatic N) is 3. The summed E-state index contributed by atoms with van der Waals surface area (Å²) in [6.07, 6.45) is 0. The van der Waals surface area contributed by atoms with Crippen LogP contribution in [0, 0.1) is 0 Å². The molecule has 3 amide bonds. The van der Waals surface area contributed by atoms with E-state index in [1.165, 1.54) is 0 Å². The van der Waals surface area contributed by atoms with Crippen LogP contribution in [-0.2, 0) is 4.79 Å². The molecular formula is C17H24N4O3. The van der Waals surface area contributed by atoms with Crippen molar-refractivity contribution in [2.24, 2.45) is 0 Å². The fourth-order valence-corrected chi connectivity index (χ4v) is 3.02. The van der Waals surface area contributed by atoms with Gasteiger partial charge >= 0.3 is 6.03 Å². The first-order valence-corrected chi connectivity index (χ1v) is 8.34. The Morgan fingerprint density at radius 3 is 2.54 bits per heavy atom. The highest BCUT2D eigenvalue weighted by Gasteiger charge is 2.34. The van der Waals surface area contributed by atoms with Gasteiger partial charge in [0.15, 0.2) is 0 Å². The predicted octanol–water partition coefficient (Wildman–Crippen LogP) is 0.233. The van der Waals surface area contributed by atoms with Gasteiger partial charge in [-0.1, -0.05) is 18.2 Å². The maximum absolute atomic E-state index is 12.4. The van der Waals surface area contributed by atoms with E-state index in [0.29, 0.717) is 26.2 Å². The van der Waals surface area contributed by atoms with Gasteiger partial charge in [0.05, 0.1) is 6.54 Å². The molecule has 3 rings (SSSR count). The second-order valence-electron chi connectivity index (χ2n) is 6.21. The summed E-state index contributed by atoms with van der Waals surface area (Å²) in [6.45, 7) is 4.99. The van der Waals surface area contributed by atoms with Crippen molar-refractivity contribution >= 4 is 11.9 Å². The smallest absolute Gasteiger partial charge is 0.317 e. The summed E-state index contributed by atoms with van der Waals surface area (Å²) < 4.78 is 5.71. The lowest BCUT2D eigenvalue weighted by Gasteiger charge is -2.35. The molecule has 130 valence electrons. The molecule has 1 N–H and O–H groups in total. The summed E-state index contributed by atoms with van der Waals surface area (Å²) in [5.74, 6) is 0.903. The number of amides is 3. The van der Waals surface area contributed by atoms with Crippen LogP contribution in [0.15, 0.2) is 30.3 Å². The number of carbonyl (C=O) groups excluding carboxylic acids is 2. The number of piperazine rings is 1. The Bertz CT molecular complexity index is 572. The molecule has 2 heterocycles. The molecule has 1 aromatic rings. The van der Waals surface area contributed by atoms with Gasteiger partial charge in [-0.05, 0) is 12.1 Å². The Kier molecular flexibility index (Phi) is 5.20. The van der Waals surface area contributed by atoms with Crippen molar-refractivity contribution in [2.45, 2.75) is 6.04 Å². The van der Waals surface area contributed by atoms with Crippen LogP contribution in [-0.4, -0.2) is 85.6 Å². The molecule has 0 radical (unpaired) electrons. The van der Waals surface area contributed by atoms with E-state index in [9.17, 15) is 9.59 Å². The lowest BCUT2D eigenvalue weighted by Crippen LogP contribution is -2.54. The summed E-state index contributed by atoms with van der Waals surface area (Å²) in [6, 6.07) is 9.19. The van der Waals surface area contributed by atoms with E-state index in [1.54, 1.807) is 11.9 Å². The van der Waals surface area contributed by atoms with Gasteiger partial charge in [-0.2, -0.15) is 0 Å². The quantitative estimate of drug-likeness (QED) is 0.839. The highest BCUT2D eigenvalue weighted by Crippen LogP contribution is 2.10. The van der Waals surface area contributed by atoms with Crippen LogP contribution in [0.1, 0.15) is 0 Å². The molecule has 0 bridgehead atoms. The Hall–Kier alpha value is -2.28. The number of nitrogens with one attached hydrogen (secondary N) is 1. The molecule has 7 heteroatoms. The normalized spacial score (nSPS) is 21.7. The van der Waals surface area contributed by atoms with Crippen molar-refractivity contribution in [1.29, 1.82) is 0 Å². The number of hydrogen-bond acceptors (Lipinski definition) is 4. The number of para-hydroxylation sites is 1. The highest BCUT2D eigenvalue weighted by molar-refractivity contribution is 5.90. The van der Waals surface area contributed by atoms with Crippen LogP contribution < -0.4 is 10.1 Å². The number of carbonyl (C=O) groups is 2. The molecule has 2 aliphatic heterocycles. The summed E-state index contributed by atoms with van der Waals surface area (Å²) in [5.41, 5.74) is 0. The monoisotopic (exact) mass is 332 g/mol. The Morgan fingerprint density at radius 2 is 1.92 bits per heavy atom.